The van der Waals surface area contributed by atoms with Crippen LogP contribution in [0, 0.1) is 0 Å². The smallest absolute Gasteiger partial charge is 0.159 e. The highest BCUT2D eigenvalue weighted by molar-refractivity contribution is 7.26. The molecule has 1 atom stereocenters. The molecule has 0 bridgehead atoms. The Bertz CT molecular complexity index is 2130. The highest BCUT2D eigenvalue weighted by atomic mass is 32.1. The second-order valence-electron chi connectivity index (χ2n) is 10.7. The molecule has 1 aromatic heterocycles. The lowest BCUT2D eigenvalue weighted by Crippen LogP contribution is -2.33. The number of nitrogens with one attached hydrogen (secondary N) is 1. The van der Waals surface area contributed by atoms with E-state index < -0.39 is 0 Å². The molecule has 0 saturated heterocycles. The number of amidine groups is 2. The second kappa shape index (κ2) is 10.8. The first-order valence-corrected chi connectivity index (χ1v) is 15.3. The van der Waals surface area contributed by atoms with Gasteiger partial charge in [0.15, 0.2) is 5.84 Å². The Morgan fingerprint density at radius 3 is 1.88 bits per heavy atom. The minimum absolute atomic E-state index is 0.225. The van der Waals surface area contributed by atoms with Gasteiger partial charge >= 0.3 is 0 Å². The van der Waals surface area contributed by atoms with Gasteiger partial charge in [0.2, 0.25) is 0 Å². The fourth-order valence-electron chi connectivity index (χ4n) is 5.81. The Labute approximate surface area is 254 Å². The number of nitrogens with zero attached hydrogens (tertiary/aromatic N) is 2. The van der Waals surface area contributed by atoms with Crippen molar-refractivity contribution in [1.29, 1.82) is 0 Å². The van der Waals surface area contributed by atoms with Crippen LogP contribution < -0.4 is 5.32 Å². The van der Waals surface area contributed by atoms with Crippen molar-refractivity contribution in [2.75, 3.05) is 0 Å². The van der Waals surface area contributed by atoms with Gasteiger partial charge in [0, 0.05) is 31.3 Å². The molecule has 204 valence electrons. The highest BCUT2D eigenvalue weighted by Crippen LogP contribution is 2.41. The van der Waals surface area contributed by atoms with Crippen molar-refractivity contribution in [3.05, 3.63) is 168 Å². The van der Waals surface area contributed by atoms with Gasteiger partial charge in [-0.1, -0.05) is 127 Å². The molecule has 0 radical (unpaired) electrons. The molecule has 8 rings (SSSR count). The van der Waals surface area contributed by atoms with Crippen LogP contribution in [-0.4, -0.2) is 11.7 Å². The average Bonchev–Trinajstić information content (AvgIpc) is 3.48. The van der Waals surface area contributed by atoms with Crippen LogP contribution in [0.25, 0.3) is 42.4 Å². The molecule has 1 unspecified atom stereocenters. The zero-order valence-electron chi connectivity index (χ0n) is 23.3. The third kappa shape index (κ3) is 4.82. The molecule has 0 aliphatic carbocycles. The first-order valence-electron chi connectivity index (χ1n) is 14.5. The summed E-state index contributed by atoms with van der Waals surface area (Å²) in [6.45, 7) is 0. The highest BCUT2D eigenvalue weighted by Gasteiger charge is 2.22. The third-order valence-corrected chi connectivity index (χ3v) is 9.10. The number of aliphatic imine (C=N–C) groups is 2. The Hall–Kier alpha value is -5.32. The molecular weight excluding hydrogens is 543 g/mol. The van der Waals surface area contributed by atoms with E-state index in [9.17, 15) is 0 Å². The zero-order chi connectivity index (χ0) is 28.6. The summed E-state index contributed by atoms with van der Waals surface area (Å²) in [5, 5.41) is 6.15. The molecule has 1 aliphatic heterocycles. The van der Waals surface area contributed by atoms with Gasteiger partial charge in [-0.05, 0) is 52.1 Å². The summed E-state index contributed by atoms with van der Waals surface area (Å²) >= 11 is 1.84. The van der Waals surface area contributed by atoms with E-state index >= 15 is 0 Å². The van der Waals surface area contributed by atoms with Crippen LogP contribution in [0.15, 0.2) is 162 Å². The maximum Gasteiger partial charge on any atom is 0.159 e. The normalized spacial score (nSPS) is 14.7. The largest absolute Gasteiger partial charge is 0.344 e. The molecule has 6 aromatic carbocycles. The molecule has 4 heteroatoms. The van der Waals surface area contributed by atoms with Crippen LogP contribution in [0.4, 0.5) is 0 Å². The van der Waals surface area contributed by atoms with Crippen molar-refractivity contribution in [2.45, 2.75) is 6.17 Å². The molecule has 1 aliphatic rings. The SMILES string of the molecule is c1ccc(C2=NC(c3ccccc3)NC(c3ccc4sc5cccc(-c6ccc(-c7ccccc7)cc6)c5c4c3)=N2)cc1. The maximum absolute atomic E-state index is 5.05. The topological polar surface area (TPSA) is 36.8 Å². The van der Waals surface area contributed by atoms with E-state index in [4.69, 9.17) is 9.98 Å². The van der Waals surface area contributed by atoms with Crippen molar-refractivity contribution in [3.63, 3.8) is 0 Å². The van der Waals surface area contributed by atoms with E-state index in [1.165, 1.54) is 42.4 Å². The summed E-state index contributed by atoms with van der Waals surface area (Å²) in [5.41, 5.74) is 8.06. The van der Waals surface area contributed by atoms with Gasteiger partial charge in [0.05, 0.1) is 0 Å². The molecule has 43 heavy (non-hydrogen) atoms. The van der Waals surface area contributed by atoms with E-state index in [0.29, 0.717) is 0 Å². The predicted octanol–water partition coefficient (Wildman–Crippen LogP) is 9.88. The summed E-state index contributed by atoms with van der Waals surface area (Å²) in [7, 11) is 0. The molecular formula is C39H27N3S. The number of rotatable bonds is 5. The Morgan fingerprint density at radius 1 is 0.512 bits per heavy atom. The molecule has 0 spiro atoms. The lowest BCUT2D eigenvalue weighted by Gasteiger charge is -2.23. The van der Waals surface area contributed by atoms with Crippen LogP contribution in [0.2, 0.25) is 0 Å². The zero-order valence-corrected chi connectivity index (χ0v) is 24.1. The third-order valence-electron chi connectivity index (χ3n) is 7.96. The van der Waals surface area contributed by atoms with Crippen LogP contribution >= 0.6 is 11.3 Å². The first kappa shape index (κ1) is 25.4. The van der Waals surface area contributed by atoms with Crippen molar-refractivity contribution >= 4 is 43.2 Å². The number of thiophene rings is 1. The predicted molar refractivity (Wildman–Crippen MR) is 182 cm³/mol. The number of fused-ring (bicyclic) bond motifs is 3. The molecule has 0 amide bonds. The van der Waals surface area contributed by atoms with Gasteiger partial charge in [-0.25, -0.2) is 9.98 Å². The van der Waals surface area contributed by atoms with Crippen molar-refractivity contribution in [1.82, 2.24) is 5.32 Å². The minimum Gasteiger partial charge on any atom is -0.344 e. The monoisotopic (exact) mass is 569 g/mol. The summed E-state index contributed by atoms with van der Waals surface area (Å²) in [6, 6.07) is 53.4. The quantitative estimate of drug-likeness (QED) is 0.220. The van der Waals surface area contributed by atoms with Crippen molar-refractivity contribution in [3.8, 4) is 22.3 Å². The van der Waals surface area contributed by atoms with E-state index in [2.05, 4.69) is 133 Å². The van der Waals surface area contributed by atoms with Gasteiger partial charge in [-0.3, -0.25) is 0 Å². The Morgan fingerprint density at radius 2 is 1.14 bits per heavy atom. The number of hydrogen-bond acceptors (Lipinski definition) is 4. The summed E-state index contributed by atoms with van der Waals surface area (Å²) in [6.07, 6.45) is -0.225. The molecule has 3 nitrogen and oxygen atoms in total. The fourth-order valence-corrected chi connectivity index (χ4v) is 6.92. The second-order valence-corrected chi connectivity index (χ2v) is 11.8. The van der Waals surface area contributed by atoms with Crippen LogP contribution in [0.5, 0.6) is 0 Å². The minimum atomic E-state index is -0.225. The Balaban J connectivity index is 1.23. The standard InChI is InChI=1S/C39H27N3S/c1-4-11-26(12-5-1)27-19-21-28(22-20-27)32-17-10-18-35-36(32)33-25-31(23-24-34(33)43-35)39-41-37(29-13-6-2-7-14-29)40-38(42-39)30-15-8-3-9-16-30/h1-25,37H,(H,40,41,42). The van der Waals surface area contributed by atoms with Crippen LogP contribution in [-0.2, 0) is 0 Å². The average molecular weight is 570 g/mol. The lowest BCUT2D eigenvalue weighted by molar-refractivity contribution is 0.674. The molecule has 7 aromatic rings. The van der Waals surface area contributed by atoms with Gasteiger partial charge in [0.1, 0.15) is 12.0 Å². The van der Waals surface area contributed by atoms with Gasteiger partial charge in [0.25, 0.3) is 0 Å². The van der Waals surface area contributed by atoms with Crippen molar-refractivity contribution < 1.29 is 0 Å². The molecule has 2 heterocycles. The van der Waals surface area contributed by atoms with E-state index in [1.807, 2.05) is 35.6 Å². The van der Waals surface area contributed by atoms with Crippen LogP contribution in [0.3, 0.4) is 0 Å². The van der Waals surface area contributed by atoms with Crippen molar-refractivity contribution in [2.24, 2.45) is 9.98 Å². The molecule has 0 fully saturated rings. The van der Waals surface area contributed by atoms with Crippen LogP contribution in [0.1, 0.15) is 22.9 Å². The number of hydrogen-bond donors (Lipinski definition) is 1. The first-order chi connectivity index (χ1) is 21.3. The molecule has 0 saturated carbocycles. The Kier molecular flexibility index (Phi) is 6.39. The summed E-state index contributed by atoms with van der Waals surface area (Å²) in [4.78, 5) is 10.1. The molecule has 1 N–H and O–H groups in total. The van der Waals surface area contributed by atoms with Gasteiger partial charge in [-0.2, -0.15) is 0 Å². The maximum atomic E-state index is 5.05. The van der Waals surface area contributed by atoms with E-state index in [-0.39, 0.29) is 6.17 Å². The number of benzene rings is 6. The van der Waals surface area contributed by atoms with E-state index in [0.717, 1.165) is 28.4 Å². The summed E-state index contributed by atoms with van der Waals surface area (Å²) < 4.78 is 2.55. The van der Waals surface area contributed by atoms with Gasteiger partial charge in [-0.15, -0.1) is 11.3 Å². The summed E-state index contributed by atoms with van der Waals surface area (Å²) in [5.74, 6) is 1.56. The lowest BCUT2D eigenvalue weighted by atomic mass is 9.96. The fraction of sp³-hybridized carbons (Fsp3) is 0.0256. The van der Waals surface area contributed by atoms with E-state index in [1.54, 1.807) is 0 Å². The van der Waals surface area contributed by atoms with Gasteiger partial charge < -0.3 is 5.32 Å².